The molecule has 0 saturated heterocycles. The average Bonchev–Trinajstić information content (AvgIpc) is 3.21. The number of nitrogens with one attached hydrogen (secondary N) is 1. The molecule has 7 nitrogen and oxygen atoms in total. The summed E-state index contributed by atoms with van der Waals surface area (Å²) in [4.78, 5) is 12.2. The van der Waals surface area contributed by atoms with Crippen molar-refractivity contribution in [2.24, 2.45) is 0 Å². The monoisotopic (exact) mass is 420 g/mol. The van der Waals surface area contributed by atoms with Crippen LogP contribution in [0.2, 0.25) is 0 Å². The van der Waals surface area contributed by atoms with Crippen molar-refractivity contribution < 1.29 is 4.79 Å². The normalized spacial score (nSPS) is 15.7. The third kappa shape index (κ3) is 3.80. The lowest BCUT2D eigenvalue weighted by Gasteiger charge is -2.21. The Balaban J connectivity index is 1.66. The molecule has 1 aliphatic carbocycles. The molecule has 3 rings (SSSR count). The Labute approximate surface area is 158 Å². The van der Waals surface area contributed by atoms with E-state index >= 15 is 0 Å². The third-order valence-corrected chi connectivity index (χ3v) is 5.80. The minimum atomic E-state index is -0.714. The number of nitrogens with zero attached hydrogens (tertiary/aromatic N) is 4. The van der Waals surface area contributed by atoms with Gasteiger partial charge in [-0.2, -0.15) is 5.26 Å². The van der Waals surface area contributed by atoms with Crippen LogP contribution in [0.25, 0.3) is 11.4 Å². The Bertz CT molecular complexity index is 824. The largest absolute Gasteiger partial charge is 0.337 e. The molecule has 0 aliphatic heterocycles. The number of benzene rings is 1. The van der Waals surface area contributed by atoms with Crippen LogP contribution in [0.5, 0.6) is 0 Å². The number of hydrogen-bond acceptors (Lipinski definition) is 6. The van der Waals surface area contributed by atoms with Gasteiger partial charge in [-0.25, -0.2) is 4.68 Å². The number of carbonyl (C=O) groups is 1. The fraction of sp³-hybridized carbons (Fsp3) is 0.375. The lowest BCUT2D eigenvalue weighted by molar-refractivity contribution is -0.119. The highest BCUT2D eigenvalue weighted by Crippen LogP contribution is 2.30. The van der Waals surface area contributed by atoms with Crippen LogP contribution in [0.15, 0.2) is 33.9 Å². The molecule has 1 amide bonds. The molecule has 0 radical (unpaired) electrons. The Kier molecular flexibility index (Phi) is 5.30. The minimum absolute atomic E-state index is 0.134. The van der Waals surface area contributed by atoms with Gasteiger partial charge in [-0.1, -0.05) is 39.8 Å². The van der Waals surface area contributed by atoms with Crippen LogP contribution >= 0.6 is 27.7 Å². The van der Waals surface area contributed by atoms with Gasteiger partial charge < -0.3 is 11.2 Å². The van der Waals surface area contributed by atoms with Crippen molar-refractivity contribution in [2.75, 3.05) is 11.6 Å². The summed E-state index contributed by atoms with van der Waals surface area (Å²) in [6.45, 7) is 0. The lowest BCUT2D eigenvalue weighted by Crippen LogP contribution is -2.45. The minimum Gasteiger partial charge on any atom is -0.337 e. The van der Waals surface area contributed by atoms with E-state index < -0.39 is 5.54 Å². The molecule has 1 aliphatic rings. The average molecular weight is 421 g/mol. The van der Waals surface area contributed by atoms with E-state index in [0.717, 1.165) is 22.9 Å². The second-order valence-electron chi connectivity index (χ2n) is 5.89. The summed E-state index contributed by atoms with van der Waals surface area (Å²) in [7, 11) is 0. The molecule has 0 atom stereocenters. The highest BCUT2D eigenvalue weighted by molar-refractivity contribution is 9.10. The second kappa shape index (κ2) is 7.45. The molecule has 2 aromatic rings. The predicted molar refractivity (Wildman–Crippen MR) is 99.0 cm³/mol. The number of amides is 1. The molecule has 1 fully saturated rings. The first-order chi connectivity index (χ1) is 12.0. The van der Waals surface area contributed by atoms with Crippen molar-refractivity contribution in [1.82, 2.24) is 20.2 Å². The van der Waals surface area contributed by atoms with E-state index in [1.807, 2.05) is 24.3 Å². The molecule has 0 unspecified atom stereocenters. The quantitative estimate of drug-likeness (QED) is 0.567. The van der Waals surface area contributed by atoms with Crippen LogP contribution < -0.4 is 11.2 Å². The van der Waals surface area contributed by atoms with Gasteiger partial charge in [0.05, 0.1) is 11.8 Å². The lowest BCUT2D eigenvalue weighted by atomic mass is 10.0. The van der Waals surface area contributed by atoms with Gasteiger partial charge >= 0.3 is 0 Å². The Morgan fingerprint density at radius 2 is 2.12 bits per heavy atom. The van der Waals surface area contributed by atoms with Crippen molar-refractivity contribution in [1.29, 1.82) is 5.26 Å². The van der Waals surface area contributed by atoms with E-state index in [4.69, 9.17) is 5.84 Å². The van der Waals surface area contributed by atoms with Crippen molar-refractivity contribution in [3.63, 3.8) is 0 Å². The molecular weight excluding hydrogens is 404 g/mol. The van der Waals surface area contributed by atoms with Crippen LogP contribution in [-0.2, 0) is 4.79 Å². The number of aromatic nitrogens is 3. The van der Waals surface area contributed by atoms with Gasteiger partial charge in [-0.15, -0.1) is 10.2 Å². The van der Waals surface area contributed by atoms with Crippen molar-refractivity contribution in [3.8, 4) is 17.5 Å². The summed E-state index contributed by atoms with van der Waals surface area (Å²) < 4.78 is 2.23. The summed E-state index contributed by atoms with van der Waals surface area (Å²) >= 11 is 4.66. The Morgan fingerprint density at radius 3 is 2.80 bits per heavy atom. The summed E-state index contributed by atoms with van der Waals surface area (Å²) in [6.07, 6.45) is 3.35. The summed E-state index contributed by atoms with van der Waals surface area (Å²) in [6, 6.07) is 9.81. The van der Waals surface area contributed by atoms with E-state index in [1.165, 1.54) is 16.4 Å². The fourth-order valence-corrected chi connectivity index (χ4v) is 4.00. The molecule has 9 heteroatoms. The molecule has 25 heavy (non-hydrogen) atoms. The van der Waals surface area contributed by atoms with Gasteiger partial charge in [-0.3, -0.25) is 4.79 Å². The van der Waals surface area contributed by atoms with E-state index in [1.54, 1.807) is 0 Å². The third-order valence-electron chi connectivity index (χ3n) is 4.16. The molecule has 1 heterocycles. The van der Waals surface area contributed by atoms with Crippen LogP contribution in [0, 0.1) is 11.3 Å². The second-order valence-corrected chi connectivity index (χ2v) is 7.69. The fourth-order valence-electron chi connectivity index (χ4n) is 2.88. The molecule has 1 aromatic carbocycles. The summed E-state index contributed by atoms with van der Waals surface area (Å²) in [5, 5.41) is 20.8. The number of rotatable bonds is 5. The maximum Gasteiger partial charge on any atom is 0.231 e. The molecule has 0 bridgehead atoms. The number of nitriles is 1. The van der Waals surface area contributed by atoms with Gasteiger partial charge in [0.1, 0.15) is 5.54 Å². The molecular formula is C16H17BrN6OS. The van der Waals surface area contributed by atoms with Crippen molar-refractivity contribution >= 4 is 33.6 Å². The van der Waals surface area contributed by atoms with Gasteiger partial charge in [-0.05, 0) is 37.8 Å². The Hall–Kier alpha value is -2.05. The molecule has 0 spiro atoms. The zero-order valence-corrected chi connectivity index (χ0v) is 15.8. The van der Waals surface area contributed by atoms with E-state index in [0.29, 0.717) is 23.8 Å². The van der Waals surface area contributed by atoms with Crippen molar-refractivity contribution in [3.05, 3.63) is 28.7 Å². The first kappa shape index (κ1) is 17.8. The summed E-state index contributed by atoms with van der Waals surface area (Å²) in [5.74, 6) is 6.52. The van der Waals surface area contributed by atoms with E-state index in [9.17, 15) is 10.1 Å². The topological polar surface area (TPSA) is 110 Å². The van der Waals surface area contributed by atoms with Gasteiger partial charge in [0.15, 0.2) is 5.82 Å². The SMILES string of the molecule is N#CC1(NC(=O)CSc2nnc(-c3ccccc3Br)n2N)CCCC1. The smallest absolute Gasteiger partial charge is 0.231 e. The van der Waals surface area contributed by atoms with E-state index in [2.05, 4.69) is 37.5 Å². The predicted octanol–water partition coefficient (Wildman–Crippen LogP) is 2.47. The zero-order valence-electron chi connectivity index (χ0n) is 13.4. The van der Waals surface area contributed by atoms with Gasteiger partial charge in [0.2, 0.25) is 11.1 Å². The maximum absolute atomic E-state index is 12.2. The van der Waals surface area contributed by atoms with Crippen LogP contribution in [0.3, 0.4) is 0 Å². The number of nitrogens with two attached hydrogens (primary N) is 1. The van der Waals surface area contributed by atoms with Gasteiger partial charge in [0.25, 0.3) is 0 Å². The molecule has 1 saturated carbocycles. The van der Waals surface area contributed by atoms with Crippen LogP contribution in [-0.4, -0.2) is 32.1 Å². The van der Waals surface area contributed by atoms with E-state index in [-0.39, 0.29) is 11.7 Å². The zero-order chi connectivity index (χ0) is 17.9. The number of carbonyl (C=O) groups excluding carboxylic acids is 1. The van der Waals surface area contributed by atoms with Gasteiger partial charge in [0, 0.05) is 10.0 Å². The number of thioether (sulfide) groups is 1. The number of nitrogen functional groups attached to an aromatic ring is 1. The Morgan fingerprint density at radius 1 is 1.40 bits per heavy atom. The number of hydrogen-bond donors (Lipinski definition) is 2. The van der Waals surface area contributed by atoms with Crippen LogP contribution in [0.4, 0.5) is 0 Å². The first-order valence-electron chi connectivity index (χ1n) is 7.85. The molecule has 3 N–H and O–H groups in total. The standard InChI is InChI=1S/C16H17BrN6OS/c17-12-6-2-1-5-11(12)14-21-22-15(23(14)19)25-9-13(24)20-16(10-18)7-3-4-8-16/h1-2,5-6H,3-4,7-9,19H2,(H,20,24). The first-order valence-corrected chi connectivity index (χ1v) is 9.63. The molecule has 1 aromatic heterocycles. The number of halogens is 1. The molecule has 130 valence electrons. The van der Waals surface area contributed by atoms with Crippen molar-refractivity contribution in [2.45, 2.75) is 36.4 Å². The van der Waals surface area contributed by atoms with Crippen LogP contribution in [0.1, 0.15) is 25.7 Å². The summed E-state index contributed by atoms with van der Waals surface area (Å²) in [5.41, 5.74) is 0.108. The highest BCUT2D eigenvalue weighted by atomic mass is 79.9. The maximum atomic E-state index is 12.2. The highest BCUT2D eigenvalue weighted by Gasteiger charge is 2.35.